The van der Waals surface area contributed by atoms with Crippen molar-refractivity contribution in [3.8, 4) is 5.75 Å². The van der Waals surface area contributed by atoms with Crippen LogP contribution in [0.4, 0.5) is 0 Å². The second kappa shape index (κ2) is 9.70. The summed E-state index contributed by atoms with van der Waals surface area (Å²) in [6, 6.07) is 5.99. The average Bonchev–Trinajstić information content (AvgIpc) is 2.55. The Hall–Kier alpha value is -2.37. The van der Waals surface area contributed by atoms with Crippen LogP contribution in [0.15, 0.2) is 24.3 Å². The molecular weight excluding hydrogens is 310 g/mol. The summed E-state index contributed by atoms with van der Waals surface area (Å²) < 4.78 is 5.52. The topological polar surface area (TPSA) is 92.7 Å². The van der Waals surface area contributed by atoms with Crippen LogP contribution in [-0.4, -0.2) is 35.4 Å². The molecule has 2 unspecified atom stereocenters. The van der Waals surface area contributed by atoms with Gasteiger partial charge in [0.2, 0.25) is 5.91 Å². The van der Waals surface area contributed by atoms with Crippen LogP contribution in [0.1, 0.15) is 50.4 Å². The third-order valence-corrected chi connectivity index (χ3v) is 3.85. The Balaban J connectivity index is 2.39. The molecule has 2 N–H and O–H groups in total. The Morgan fingerprint density at radius 1 is 1.29 bits per heavy atom. The van der Waals surface area contributed by atoms with Gasteiger partial charge in [-0.25, -0.2) is 4.79 Å². The normalized spacial score (nSPS) is 13.0. The second-order valence-electron chi connectivity index (χ2n) is 5.80. The van der Waals surface area contributed by atoms with Crippen LogP contribution in [0.2, 0.25) is 0 Å². The maximum atomic E-state index is 11.9. The maximum absolute atomic E-state index is 11.9. The Morgan fingerprint density at radius 3 is 2.58 bits per heavy atom. The molecule has 2 atom stereocenters. The van der Waals surface area contributed by atoms with Crippen molar-refractivity contribution in [2.45, 2.75) is 46.1 Å². The van der Waals surface area contributed by atoms with Crippen molar-refractivity contribution in [3.05, 3.63) is 29.8 Å². The third-order valence-electron chi connectivity index (χ3n) is 3.85. The molecule has 24 heavy (non-hydrogen) atoms. The highest BCUT2D eigenvalue weighted by Gasteiger charge is 2.24. The molecule has 6 nitrogen and oxygen atoms in total. The van der Waals surface area contributed by atoms with Crippen molar-refractivity contribution >= 4 is 17.7 Å². The van der Waals surface area contributed by atoms with Gasteiger partial charge in [0.15, 0.2) is 5.78 Å². The molecule has 0 aliphatic heterocycles. The smallest absolute Gasteiger partial charge is 0.326 e. The van der Waals surface area contributed by atoms with Crippen LogP contribution in [0, 0.1) is 5.92 Å². The van der Waals surface area contributed by atoms with Crippen LogP contribution < -0.4 is 10.1 Å². The van der Waals surface area contributed by atoms with Gasteiger partial charge in [0.25, 0.3) is 0 Å². The predicted octanol–water partition coefficient (Wildman–Crippen LogP) is 2.66. The SMILES string of the molecule is CCC(C)C(NC(=O)CCCOc1cccc(C(C)=O)c1)C(=O)O. The number of hydrogen-bond acceptors (Lipinski definition) is 4. The molecular formula is C18H25NO5. The van der Waals surface area contributed by atoms with Gasteiger partial charge in [-0.1, -0.05) is 32.4 Å². The van der Waals surface area contributed by atoms with Crippen LogP contribution in [0.3, 0.4) is 0 Å². The zero-order chi connectivity index (χ0) is 18.1. The Kier molecular flexibility index (Phi) is 7.95. The number of Topliss-reactive ketones (excluding diaryl/α,β-unsaturated/α-hetero) is 1. The Bertz CT molecular complexity index is 585. The summed E-state index contributed by atoms with van der Waals surface area (Å²) in [5, 5.41) is 11.7. The summed E-state index contributed by atoms with van der Waals surface area (Å²) in [5.41, 5.74) is 0.572. The molecule has 0 saturated heterocycles. The average molecular weight is 335 g/mol. The van der Waals surface area contributed by atoms with Crippen LogP contribution in [0.25, 0.3) is 0 Å². The largest absolute Gasteiger partial charge is 0.494 e. The van der Waals surface area contributed by atoms with Crippen molar-refractivity contribution in [2.75, 3.05) is 6.61 Å². The molecule has 6 heteroatoms. The number of benzene rings is 1. The number of carbonyl (C=O) groups excluding carboxylic acids is 2. The number of amides is 1. The molecule has 0 heterocycles. The molecule has 1 amide bonds. The minimum absolute atomic E-state index is 0.0374. The van der Waals surface area contributed by atoms with E-state index in [1.165, 1.54) is 6.92 Å². The molecule has 0 bridgehead atoms. The molecule has 0 spiro atoms. The highest BCUT2D eigenvalue weighted by atomic mass is 16.5. The van der Waals surface area contributed by atoms with Crippen molar-refractivity contribution in [1.82, 2.24) is 5.32 Å². The number of aliphatic carboxylic acids is 1. The van der Waals surface area contributed by atoms with E-state index in [1.54, 1.807) is 31.2 Å². The lowest BCUT2D eigenvalue weighted by Crippen LogP contribution is -2.45. The van der Waals surface area contributed by atoms with Crippen molar-refractivity contribution in [1.29, 1.82) is 0 Å². The van der Waals surface area contributed by atoms with E-state index in [9.17, 15) is 14.4 Å². The van der Waals surface area contributed by atoms with E-state index in [4.69, 9.17) is 9.84 Å². The second-order valence-corrected chi connectivity index (χ2v) is 5.80. The first kappa shape index (κ1) is 19.7. The predicted molar refractivity (Wildman–Crippen MR) is 90.2 cm³/mol. The first-order valence-electron chi connectivity index (χ1n) is 8.11. The van der Waals surface area contributed by atoms with E-state index in [0.29, 0.717) is 30.8 Å². The van der Waals surface area contributed by atoms with Gasteiger partial charge in [-0.15, -0.1) is 0 Å². The zero-order valence-electron chi connectivity index (χ0n) is 14.4. The highest BCUT2D eigenvalue weighted by molar-refractivity contribution is 5.94. The minimum atomic E-state index is -1.02. The number of ketones is 1. The fourth-order valence-electron chi connectivity index (χ4n) is 2.16. The summed E-state index contributed by atoms with van der Waals surface area (Å²) in [4.78, 5) is 34.3. The Morgan fingerprint density at radius 2 is 2.00 bits per heavy atom. The van der Waals surface area contributed by atoms with Gasteiger partial charge < -0.3 is 15.2 Å². The van der Waals surface area contributed by atoms with Crippen molar-refractivity contribution < 1.29 is 24.2 Å². The molecule has 0 saturated carbocycles. The third kappa shape index (κ3) is 6.40. The molecule has 0 radical (unpaired) electrons. The molecule has 0 aliphatic carbocycles. The van der Waals surface area contributed by atoms with Gasteiger partial charge in [0, 0.05) is 12.0 Å². The first-order chi connectivity index (χ1) is 11.3. The van der Waals surface area contributed by atoms with Gasteiger partial charge in [-0.3, -0.25) is 9.59 Å². The number of ether oxygens (including phenoxy) is 1. The molecule has 1 aromatic carbocycles. The summed E-state index contributed by atoms with van der Waals surface area (Å²) in [7, 11) is 0. The number of rotatable bonds is 10. The minimum Gasteiger partial charge on any atom is -0.494 e. The fraction of sp³-hybridized carbons (Fsp3) is 0.500. The molecule has 132 valence electrons. The number of carbonyl (C=O) groups is 3. The van der Waals surface area contributed by atoms with Crippen molar-refractivity contribution in [2.24, 2.45) is 5.92 Å². The number of carboxylic acids is 1. The highest BCUT2D eigenvalue weighted by Crippen LogP contribution is 2.14. The van der Waals surface area contributed by atoms with Crippen LogP contribution >= 0.6 is 0 Å². The number of hydrogen-bond donors (Lipinski definition) is 2. The van der Waals surface area contributed by atoms with Crippen LogP contribution in [-0.2, 0) is 9.59 Å². The van der Waals surface area contributed by atoms with Crippen molar-refractivity contribution in [3.63, 3.8) is 0 Å². The van der Waals surface area contributed by atoms with Gasteiger partial charge in [0.05, 0.1) is 6.61 Å². The van der Waals surface area contributed by atoms with E-state index in [1.807, 2.05) is 6.92 Å². The molecule has 0 fully saturated rings. The first-order valence-corrected chi connectivity index (χ1v) is 8.11. The molecule has 1 aromatic rings. The van der Waals surface area contributed by atoms with E-state index in [-0.39, 0.29) is 24.0 Å². The van der Waals surface area contributed by atoms with E-state index in [0.717, 1.165) is 0 Å². The lowest BCUT2D eigenvalue weighted by atomic mass is 9.99. The quantitative estimate of drug-likeness (QED) is 0.506. The summed E-state index contributed by atoms with van der Waals surface area (Å²) >= 11 is 0. The molecule has 0 aromatic heterocycles. The van der Waals surface area contributed by atoms with Gasteiger partial charge >= 0.3 is 5.97 Å². The monoisotopic (exact) mass is 335 g/mol. The summed E-state index contributed by atoms with van der Waals surface area (Å²) in [6.45, 7) is 5.48. The van der Waals surface area contributed by atoms with E-state index < -0.39 is 12.0 Å². The Labute approximate surface area is 142 Å². The standard InChI is InChI=1S/C18H25NO5/c1-4-12(2)17(18(22)23)19-16(21)9-6-10-24-15-8-5-7-14(11-15)13(3)20/h5,7-8,11-12,17H,4,6,9-10H2,1-3H3,(H,19,21)(H,22,23). The summed E-state index contributed by atoms with van der Waals surface area (Å²) in [6.07, 6.45) is 1.32. The van der Waals surface area contributed by atoms with Gasteiger partial charge in [0.1, 0.15) is 11.8 Å². The van der Waals surface area contributed by atoms with Gasteiger partial charge in [-0.05, 0) is 31.4 Å². The van der Waals surface area contributed by atoms with E-state index >= 15 is 0 Å². The maximum Gasteiger partial charge on any atom is 0.326 e. The van der Waals surface area contributed by atoms with Crippen LogP contribution in [0.5, 0.6) is 5.75 Å². The molecule has 0 aliphatic rings. The van der Waals surface area contributed by atoms with Gasteiger partial charge in [-0.2, -0.15) is 0 Å². The van der Waals surface area contributed by atoms with E-state index in [2.05, 4.69) is 5.32 Å². The number of carboxylic acid groups (broad SMARTS) is 1. The molecule has 1 rings (SSSR count). The zero-order valence-corrected chi connectivity index (χ0v) is 14.4. The summed E-state index contributed by atoms with van der Waals surface area (Å²) in [5.74, 6) is -0.911. The fourth-order valence-corrected chi connectivity index (χ4v) is 2.16. The lowest BCUT2D eigenvalue weighted by molar-refractivity contribution is -0.143. The lowest BCUT2D eigenvalue weighted by Gasteiger charge is -2.20. The number of nitrogens with one attached hydrogen (secondary N) is 1.